The first-order chi connectivity index (χ1) is 14.7. The zero-order chi connectivity index (χ0) is 20.8. The minimum absolute atomic E-state index is 0.109. The van der Waals surface area contributed by atoms with E-state index in [0.717, 1.165) is 56.8 Å². The van der Waals surface area contributed by atoms with Crippen LogP contribution in [0.4, 0.5) is 5.82 Å². The molecule has 6 nitrogen and oxygen atoms in total. The first-order valence-corrected chi connectivity index (χ1v) is 11.4. The molecule has 0 radical (unpaired) electrons. The van der Waals surface area contributed by atoms with Crippen molar-refractivity contribution < 1.29 is 9.53 Å². The molecule has 1 aromatic heterocycles. The third kappa shape index (κ3) is 5.29. The Balaban J connectivity index is 1.30. The minimum atomic E-state index is 0.109. The van der Waals surface area contributed by atoms with Crippen LogP contribution in [-0.4, -0.2) is 35.0 Å². The number of carbonyl (C=O) groups is 1. The van der Waals surface area contributed by atoms with Gasteiger partial charge in [-0.15, -0.1) is 0 Å². The molecule has 1 N–H and O–H groups in total. The molecule has 1 amide bonds. The standard InChI is InChI=1S/C24H32N4O2/c1-2-18-8-10-21(11-9-18)30-23-16-22(25-17-26-23)28-14-12-19(13-15-28)24(29)27-20-6-4-3-5-7-20/h8-11,16-17,19-20H,2-7,12-15H2,1H3,(H,27,29). The summed E-state index contributed by atoms with van der Waals surface area (Å²) in [6.07, 6.45) is 10.3. The molecule has 1 aliphatic carbocycles. The maximum Gasteiger partial charge on any atom is 0.224 e. The molecule has 2 heterocycles. The molecule has 0 spiro atoms. The predicted molar refractivity (Wildman–Crippen MR) is 118 cm³/mol. The maximum atomic E-state index is 12.6. The van der Waals surface area contributed by atoms with Gasteiger partial charge in [0.25, 0.3) is 0 Å². The van der Waals surface area contributed by atoms with Crippen molar-refractivity contribution in [3.05, 3.63) is 42.2 Å². The van der Waals surface area contributed by atoms with E-state index in [9.17, 15) is 4.79 Å². The predicted octanol–water partition coefficient (Wildman–Crippen LogP) is 4.50. The number of benzene rings is 1. The Labute approximate surface area is 179 Å². The average Bonchev–Trinajstić information content (AvgIpc) is 2.80. The number of ether oxygens (including phenoxy) is 1. The van der Waals surface area contributed by atoms with Crippen molar-refractivity contribution in [2.24, 2.45) is 5.92 Å². The van der Waals surface area contributed by atoms with Crippen LogP contribution in [0, 0.1) is 5.92 Å². The largest absolute Gasteiger partial charge is 0.439 e. The second-order valence-electron chi connectivity index (χ2n) is 8.42. The van der Waals surface area contributed by atoms with E-state index in [0.29, 0.717) is 11.9 Å². The number of aromatic nitrogens is 2. The van der Waals surface area contributed by atoms with E-state index in [1.54, 1.807) is 6.33 Å². The molecule has 1 saturated carbocycles. The van der Waals surface area contributed by atoms with Crippen LogP contribution in [0.2, 0.25) is 0 Å². The Morgan fingerprint density at radius 3 is 2.50 bits per heavy atom. The van der Waals surface area contributed by atoms with Crippen molar-refractivity contribution in [3.63, 3.8) is 0 Å². The second-order valence-corrected chi connectivity index (χ2v) is 8.42. The minimum Gasteiger partial charge on any atom is -0.439 e. The van der Waals surface area contributed by atoms with Crippen molar-refractivity contribution in [2.75, 3.05) is 18.0 Å². The molecule has 2 aliphatic rings. The lowest BCUT2D eigenvalue weighted by molar-refractivity contribution is -0.126. The molecule has 6 heteroatoms. The van der Waals surface area contributed by atoms with Crippen LogP contribution in [-0.2, 0) is 11.2 Å². The first-order valence-electron chi connectivity index (χ1n) is 11.4. The van der Waals surface area contributed by atoms with E-state index in [1.807, 2.05) is 18.2 Å². The molecule has 160 valence electrons. The van der Waals surface area contributed by atoms with Crippen LogP contribution in [0.3, 0.4) is 0 Å². The topological polar surface area (TPSA) is 67.3 Å². The molecule has 1 aromatic carbocycles. The summed E-state index contributed by atoms with van der Waals surface area (Å²) in [7, 11) is 0. The summed E-state index contributed by atoms with van der Waals surface area (Å²) < 4.78 is 5.91. The smallest absolute Gasteiger partial charge is 0.224 e. The number of rotatable bonds is 6. The summed E-state index contributed by atoms with van der Waals surface area (Å²) in [5.41, 5.74) is 1.28. The molecule has 4 rings (SSSR count). The molecule has 0 bridgehead atoms. The molecule has 2 fully saturated rings. The summed E-state index contributed by atoms with van der Waals surface area (Å²) in [5, 5.41) is 3.28. The van der Waals surface area contributed by atoms with Gasteiger partial charge in [-0.1, -0.05) is 38.3 Å². The van der Waals surface area contributed by atoms with Crippen molar-refractivity contribution in [1.82, 2.24) is 15.3 Å². The van der Waals surface area contributed by atoms with E-state index in [1.165, 1.54) is 24.8 Å². The lowest BCUT2D eigenvalue weighted by Gasteiger charge is -2.33. The average molecular weight is 409 g/mol. The van der Waals surface area contributed by atoms with Crippen LogP contribution in [0.25, 0.3) is 0 Å². The second kappa shape index (κ2) is 9.92. The fourth-order valence-corrected chi connectivity index (χ4v) is 4.41. The Bertz CT molecular complexity index is 825. The molecular formula is C24H32N4O2. The number of carbonyl (C=O) groups excluding carboxylic acids is 1. The number of hydrogen-bond acceptors (Lipinski definition) is 5. The van der Waals surface area contributed by atoms with Crippen LogP contribution < -0.4 is 15.0 Å². The Morgan fingerprint density at radius 1 is 1.07 bits per heavy atom. The van der Waals surface area contributed by atoms with Gasteiger partial charge in [0.05, 0.1) is 0 Å². The maximum absolute atomic E-state index is 12.6. The number of amides is 1. The van der Waals surface area contributed by atoms with E-state index in [2.05, 4.69) is 39.2 Å². The van der Waals surface area contributed by atoms with E-state index < -0.39 is 0 Å². The molecule has 0 unspecified atom stereocenters. The van der Waals surface area contributed by atoms with Crippen LogP contribution in [0.15, 0.2) is 36.7 Å². The van der Waals surface area contributed by atoms with Gasteiger partial charge in [0.2, 0.25) is 11.8 Å². The van der Waals surface area contributed by atoms with Gasteiger partial charge in [0.1, 0.15) is 17.9 Å². The Morgan fingerprint density at radius 2 is 1.80 bits per heavy atom. The zero-order valence-electron chi connectivity index (χ0n) is 17.8. The number of nitrogens with zero attached hydrogens (tertiary/aromatic N) is 3. The third-order valence-corrected chi connectivity index (χ3v) is 6.32. The van der Waals surface area contributed by atoms with Crippen LogP contribution in [0.1, 0.15) is 57.4 Å². The van der Waals surface area contributed by atoms with Crippen LogP contribution >= 0.6 is 0 Å². The zero-order valence-corrected chi connectivity index (χ0v) is 17.8. The van der Waals surface area contributed by atoms with E-state index >= 15 is 0 Å². The van der Waals surface area contributed by atoms with Gasteiger partial charge in [-0.25, -0.2) is 9.97 Å². The highest BCUT2D eigenvalue weighted by Crippen LogP contribution is 2.27. The fraction of sp³-hybridized carbons (Fsp3) is 0.542. The van der Waals surface area contributed by atoms with Crippen molar-refractivity contribution in [2.45, 2.75) is 64.3 Å². The third-order valence-electron chi connectivity index (χ3n) is 6.32. The van der Waals surface area contributed by atoms with Gasteiger partial charge in [-0.3, -0.25) is 4.79 Å². The molecule has 0 atom stereocenters. The quantitative estimate of drug-likeness (QED) is 0.762. The summed E-state index contributed by atoms with van der Waals surface area (Å²) in [6, 6.07) is 10.4. The highest BCUT2D eigenvalue weighted by Gasteiger charge is 2.27. The number of nitrogens with one attached hydrogen (secondary N) is 1. The van der Waals surface area contributed by atoms with Crippen LogP contribution in [0.5, 0.6) is 11.6 Å². The number of piperidine rings is 1. The van der Waals surface area contributed by atoms with Crippen molar-refractivity contribution in [1.29, 1.82) is 0 Å². The van der Waals surface area contributed by atoms with Gasteiger partial charge in [0, 0.05) is 31.1 Å². The van der Waals surface area contributed by atoms with Gasteiger partial charge >= 0.3 is 0 Å². The molecular weight excluding hydrogens is 376 g/mol. The summed E-state index contributed by atoms with van der Waals surface area (Å²) in [5.74, 6) is 2.52. The SMILES string of the molecule is CCc1ccc(Oc2cc(N3CCC(C(=O)NC4CCCCC4)CC3)ncn2)cc1. The van der Waals surface area contributed by atoms with Gasteiger partial charge < -0.3 is 15.0 Å². The van der Waals surface area contributed by atoms with E-state index in [-0.39, 0.29) is 11.8 Å². The van der Waals surface area contributed by atoms with Crippen molar-refractivity contribution in [3.8, 4) is 11.6 Å². The molecule has 30 heavy (non-hydrogen) atoms. The van der Waals surface area contributed by atoms with Gasteiger partial charge in [-0.05, 0) is 49.8 Å². The number of aryl methyl sites for hydroxylation is 1. The Hall–Kier alpha value is -2.63. The number of anilines is 1. The monoisotopic (exact) mass is 408 g/mol. The number of hydrogen-bond donors (Lipinski definition) is 1. The first kappa shape index (κ1) is 20.6. The molecule has 1 aliphatic heterocycles. The summed E-state index contributed by atoms with van der Waals surface area (Å²) in [4.78, 5) is 23.5. The summed E-state index contributed by atoms with van der Waals surface area (Å²) >= 11 is 0. The van der Waals surface area contributed by atoms with Gasteiger partial charge in [0.15, 0.2) is 0 Å². The fourth-order valence-electron chi connectivity index (χ4n) is 4.41. The highest BCUT2D eigenvalue weighted by molar-refractivity contribution is 5.79. The highest BCUT2D eigenvalue weighted by atomic mass is 16.5. The van der Waals surface area contributed by atoms with E-state index in [4.69, 9.17) is 4.74 Å². The van der Waals surface area contributed by atoms with Gasteiger partial charge in [-0.2, -0.15) is 0 Å². The molecule has 2 aromatic rings. The van der Waals surface area contributed by atoms with Crippen molar-refractivity contribution >= 4 is 11.7 Å². The lowest BCUT2D eigenvalue weighted by Crippen LogP contribution is -2.44. The normalized spacial score (nSPS) is 18.2. The molecule has 1 saturated heterocycles. The lowest BCUT2D eigenvalue weighted by atomic mass is 9.92. The Kier molecular flexibility index (Phi) is 6.82. The summed E-state index contributed by atoms with van der Waals surface area (Å²) in [6.45, 7) is 3.78.